The first-order valence-electron chi connectivity index (χ1n) is 7.26. The number of carbonyl (C=O) groups excluding carboxylic acids is 1. The van der Waals surface area contributed by atoms with Crippen molar-refractivity contribution >= 4 is 17.3 Å². The van der Waals surface area contributed by atoms with E-state index in [1.165, 1.54) is 0 Å². The Hall–Kier alpha value is -3.81. The molecule has 2 aromatic rings. The fourth-order valence-corrected chi connectivity index (χ4v) is 2.15. The zero-order valence-electron chi connectivity index (χ0n) is 13.4. The van der Waals surface area contributed by atoms with Crippen LogP contribution in [0, 0.1) is 27.3 Å². The molecule has 2 rings (SSSR count). The number of benzene rings is 1. The second-order valence-corrected chi connectivity index (χ2v) is 5.08. The number of anilines is 1. The highest BCUT2D eigenvalue weighted by Gasteiger charge is 2.16. The normalized spacial score (nSPS) is 10.2. The summed E-state index contributed by atoms with van der Waals surface area (Å²) in [6, 6.07) is 4.17. The van der Waals surface area contributed by atoms with E-state index in [9.17, 15) is 28.9 Å². The number of nitrogens with zero attached hydrogens (tertiary/aromatic N) is 4. The molecule has 0 fully saturated rings. The molecule has 10 nitrogen and oxygen atoms in total. The molecule has 0 saturated heterocycles. The summed E-state index contributed by atoms with van der Waals surface area (Å²) in [6.45, 7) is 0.986. The smallest absolute Gasteiger partial charge is 0.322 e. The van der Waals surface area contributed by atoms with Crippen molar-refractivity contribution in [2.75, 3.05) is 5.32 Å². The Morgan fingerprint density at radius 2 is 2.12 bits per heavy atom. The second-order valence-electron chi connectivity index (χ2n) is 5.08. The van der Waals surface area contributed by atoms with Gasteiger partial charge in [0, 0.05) is 24.9 Å². The number of amides is 1. The molecular weight excluding hydrogens is 349 g/mol. The van der Waals surface area contributed by atoms with Crippen LogP contribution in [0.4, 0.5) is 15.8 Å². The summed E-state index contributed by atoms with van der Waals surface area (Å²) in [7, 11) is 0. The molecule has 0 aliphatic carbocycles. The fraction of sp³-hybridized carbons (Fsp3) is 0.200. The van der Waals surface area contributed by atoms with E-state index in [2.05, 4.69) is 5.32 Å². The largest absolute Gasteiger partial charge is 0.331 e. The average molecular weight is 361 g/mol. The number of aromatic nitrogens is 2. The van der Waals surface area contributed by atoms with Crippen LogP contribution in [0.5, 0.6) is 0 Å². The Balaban J connectivity index is 2.36. The third-order valence-electron chi connectivity index (χ3n) is 3.43. The minimum atomic E-state index is -0.961. The van der Waals surface area contributed by atoms with Gasteiger partial charge in [-0.25, -0.2) is 13.8 Å². The van der Waals surface area contributed by atoms with Gasteiger partial charge >= 0.3 is 5.69 Å². The van der Waals surface area contributed by atoms with Crippen LogP contribution in [0.25, 0.3) is 0 Å². The molecule has 134 valence electrons. The van der Waals surface area contributed by atoms with Crippen molar-refractivity contribution in [3.05, 3.63) is 66.7 Å². The average Bonchev–Trinajstić information content (AvgIpc) is 2.60. The lowest BCUT2D eigenvalue weighted by Crippen LogP contribution is -2.43. The highest BCUT2D eigenvalue weighted by molar-refractivity contribution is 5.91. The van der Waals surface area contributed by atoms with Gasteiger partial charge in [0.1, 0.15) is 24.0 Å². The molecule has 1 amide bonds. The van der Waals surface area contributed by atoms with Crippen molar-refractivity contribution in [3.63, 3.8) is 0 Å². The molecule has 0 aliphatic rings. The van der Waals surface area contributed by atoms with Gasteiger partial charge < -0.3 is 5.32 Å². The lowest BCUT2D eigenvalue weighted by Gasteiger charge is -2.10. The number of nitriles is 1. The number of nitro groups is 1. The molecule has 0 unspecified atom stereocenters. The zero-order valence-corrected chi connectivity index (χ0v) is 13.4. The third-order valence-corrected chi connectivity index (χ3v) is 3.43. The molecular formula is C15H12FN5O5. The Labute approximate surface area is 144 Å². The second kappa shape index (κ2) is 7.39. The van der Waals surface area contributed by atoms with E-state index in [0.717, 1.165) is 29.0 Å². The van der Waals surface area contributed by atoms with Crippen LogP contribution in [0.2, 0.25) is 0 Å². The van der Waals surface area contributed by atoms with E-state index in [1.807, 2.05) is 0 Å². The van der Waals surface area contributed by atoms with E-state index in [-0.39, 0.29) is 12.1 Å². The standard InChI is InChI=1S/C15H12FN5O5/c1-2-19-7-9(6-17)14(23)20(15(19)24)8-13(22)18-12-5-10(21(25)26)3-4-11(12)16/h3-5,7H,2,8H2,1H3,(H,18,22). The van der Waals surface area contributed by atoms with E-state index < -0.39 is 45.8 Å². The summed E-state index contributed by atoms with van der Waals surface area (Å²) >= 11 is 0. The van der Waals surface area contributed by atoms with Crippen LogP contribution in [-0.4, -0.2) is 20.0 Å². The predicted octanol–water partition coefficient (Wildman–Crippen LogP) is 0.588. The number of nitrogens with one attached hydrogen (secondary N) is 1. The van der Waals surface area contributed by atoms with Gasteiger partial charge in [-0.15, -0.1) is 0 Å². The van der Waals surface area contributed by atoms with E-state index >= 15 is 0 Å². The van der Waals surface area contributed by atoms with Crippen molar-refractivity contribution in [2.45, 2.75) is 20.0 Å². The first-order chi connectivity index (χ1) is 12.3. The van der Waals surface area contributed by atoms with Crippen LogP contribution in [0.3, 0.4) is 0 Å². The van der Waals surface area contributed by atoms with Crippen LogP contribution < -0.4 is 16.6 Å². The number of hydrogen-bond donors (Lipinski definition) is 1. The molecule has 0 bridgehead atoms. The molecule has 1 heterocycles. The maximum Gasteiger partial charge on any atom is 0.331 e. The summed E-state index contributed by atoms with van der Waals surface area (Å²) < 4.78 is 15.3. The first-order valence-corrected chi connectivity index (χ1v) is 7.26. The fourth-order valence-electron chi connectivity index (χ4n) is 2.15. The van der Waals surface area contributed by atoms with Crippen molar-refractivity contribution in [1.82, 2.24) is 9.13 Å². The summed E-state index contributed by atoms with van der Waals surface area (Å²) in [4.78, 5) is 46.3. The maximum absolute atomic E-state index is 13.7. The lowest BCUT2D eigenvalue weighted by molar-refractivity contribution is -0.384. The van der Waals surface area contributed by atoms with Gasteiger partial charge in [0.2, 0.25) is 5.91 Å². The van der Waals surface area contributed by atoms with Crippen molar-refractivity contribution in [3.8, 4) is 6.07 Å². The third kappa shape index (κ3) is 3.64. The summed E-state index contributed by atoms with van der Waals surface area (Å²) in [5.74, 6) is -1.88. The van der Waals surface area contributed by atoms with Crippen LogP contribution in [0.15, 0.2) is 34.0 Å². The molecule has 1 aromatic heterocycles. The Kier molecular flexibility index (Phi) is 5.27. The molecule has 0 aliphatic heterocycles. The van der Waals surface area contributed by atoms with Gasteiger partial charge in [-0.05, 0) is 13.0 Å². The molecule has 1 N–H and O–H groups in total. The number of nitro benzene ring substituents is 1. The topological polar surface area (TPSA) is 140 Å². The molecule has 26 heavy (non-hydrogen) atoms. The summed E-state index contributed by atoms with van der Waals surface area (Å²) in [6.07, 6.45) is 1.08. The quantitative estimate of drug-likeness (QED) is 0.610. The number of rotatable bonds is 5. The highest BCUT2D eigenvalue weighted by Crippen LogP contribution is 2.21. The minimum absolute atomic E-state index is 0.162. The van der Waals surface area contributed by atoms with Gasteiger partial charge in [-0.1, -0.05) is 0 Å². The number of non-ortho nitro benzene ring substituents is 1. The monoisotopic (exact) mass is 361 g/mol. The summed E-state index contributed by atoms with van der Waals surface area (Å²) in [5.41, 5.74) is -3.02. The van der Waals surface area contributed by atoms with E-state index in [1.54, 1.807) is 13.0 Å². The lowest BCUT2D eigenvalue weighted by atomic mass is 10.2. The number of hydrogen-bond acceptors (Lipinski definition) is 6. The van der Waals surface area contributed by atoms with Crippen molar-refractivity contribution in [2.24, 2.45) is 0 Å². The number of carbonyl (C=O) groups is 1. The Bertz CT molecular complexity index is 1050. The van der Waals surface area contributed by atoms with Gasteiger partial charge in [-0.3, -0.25) is 24.3 Å². The number of halogens is 1. The van der Waals surface area contributed by atoms with Crippen LogP contribution >= 0.6 is 0 Å². The SMILES string of the molecule is CCn1cc(C#N)c(=O)n(CC(=O)Nc2cc([N+](=O)[O-])ccc2F)c1=O. The molecule has 0 saturated carbocycles. The van der Waals surface area contributed by atoms with Gasteiger partial charge in [0.05, 0.1) is 10.6 Å². The van der Waals surface area contributed by atoms with E-state index in [4.69, 9.17) is 5.26 Å². The Morgan fingerprint density at radius 3 is 2.69 bits per heavy atom. The van der Waals surface area contributed by atoms with Gasteiger partial charge in [0.15, 0.2) is 0 Å². The number of aryl methyl sites for hydroxylation is 1. The molecule has 0 radical (unpaired) electrons. The Morgan fingerprint density at radius 1 is 1.42 bits per heavy atom. The zero-order chi connectivity index (χ0) is 19.4. The summed E-state index contributed by atoms with van der Waals surface area (Å²) in [5, 5.41) is 21.7. The van der Waals surface area contributed by atoms with E-state index in [0.29, 0.717) is 4.57 Å². The van der Waals surface area contributed by atoms with Crippen LogP contribution in [0.1, 0.15) is 12.5 Å². The van der Waals surface area contributed by atoms with Crippen LogP contribution in [-0.2, 0) is 17.9 Å². The molecule has 0 atom stereocenters. The molecule has 1 aromatic carbocycles. The minimum Gasteiger partial charge on any atom is -0.322 e. The maximum atomic E-state index is 13.7. The van der Waals surface area contributed by atoms with Crippen molar-refractivity contribution in [1.29, 1.82) is 5.26 Å². The molecule has 11 heteroatoms. The van der Waals surface area contributed by atoms with Gasteiger partial charge in [0.25, 0.3) is 11.2 Å². The van der Waals surface area contributed by atoms with Gasteiger partial charge in [-0.2, -0.15) is 5.26 Å². The molecule has 0 spiro atoms. The van der Waals surface area contributed by atoms with Crippen molar-refractivity contribution < 1.29 is 14.1 Å². The predicted molar refractivity (Wildman–Crippen MR) is 87.0 cm³/mol. The highest BCUT2D eigenvalue weighted by atomic mass is 19.1. The first kappa shape index (κ1) is 18.5.